The molecule has 18 heavy (non-hydrogen) atoms. The van der Waals surface area contributed by atoms with Crippen molar-refractivity contribution in [2.45, 2.75) is 56.4 Å². The molecule has 1 aliphatic carbocycles. The Kier molecular flexibility index (Phi) is 6.04. The fraction of sp³-hybridized carbons (Fsp3) is 1.00. The minimum absolute atomic E-state index is 0.129. The largest absolute Gasteiger partial charge is 0.382 e. The van der Waals surface area contributed by atoms with Gasteiger partial charge in [-0.25, -0.2) is 8.42 Å². The molecule has 4 atom stereocenters. The maximum atomic E-state index is 11.6. The molecule has 0 heterocycles. The summed E-state index contributed by atoms with van der Waals surface area (Å²) < 4.78 is 28.5. The van der Waals surface area contributed by atoms with Gasteiger partial charge in [-0.3, -0.25) is 11.3 Å². The normalized spacial score (nSPS) is 28.9. The maximum Gasteiger partial charge on any atom is 0.150 e. The highest BCUT2D eigenvalue weighted by atomic mass is 32.2. The number of rotatable bonds is 6. The van der Waals surface area contributed by atoms with Gasteiger partial charge < -0.3 is 4.74 Å². The summed E-state index contributed by atoms with van der Waals surface area (Å²) in [6.07, 6.45) is 5.77. The van der Waals surface area contributed by atoms with Crippen molar-refractivity contribution in [1.29, 1.82) is 0 Å². The Morgan fingerprint density at radius 2 is 2.11 bits per heavy atom. The van der Waals surface area contributed by atoms with E-state index in [0.717, 1.165) is 25.7 Å². The maximum absolute atomic E-state index is 11.6. The molecule has 1 rings (SSSR count). The number of hydrazine groups is 1. The van der Waals surface area contributed by atoms with Crippen molar-refractivity contribution < 1.29 is 13.2 Å². The molecule has 0 aliphatic heterocycles. The van der Waals surface area contributed by atoms with Crippen LogP contribution < -0.4 is 11.3 Å². The van der Waals surface area contributed by atoms with E-state index < -0.39 is 9.84 Å². The fourth-order valence-corrected chi connectivity index (χ4v) is 3.98. The third kappa shape index (κ3) is 4.50. The highest BCUT2D eigenvalue weighted by molar-refractivity contribution is 7.91. The lowest BCUT2D eigenvalue weighted by Crippen LogP contribution is -2.45. The molecule has 0 saturated heterocycles. The van der Waals surface area contributed by atoms with Crippen molar-refractivity contribution in [2.24, 2.45) is 11.8 Å². The summed E-state index contributed by atoms with van der Waals surface area (Å²) in [4.78, 5) is 0. The molecule has 0 spiro atoms. The van der Waals surface area contributed by atoms with Gasteiger partial charge in [0, 0.05) is 19.4 Å². The van der Waals surface area contributed by atoms with Gasteiger partial charge >= 0.3 is 0 Å². The van der Waals surface area contributed by atoms with Gasteiger partial charge in [0.1, 0.15) is 9.84 Å². The van der Waals surface area contributed by atoms with Crippen LogP contribution in [0.2, 0.25) is 0 Å². The van der Waals surface area contributed by atoms with Crippen molar-refractivity contribution in [2.75, 3.05) is 13.4 Å². The summed E-state index contributed by atoms with van der Waals surface area (Å²) in [7, 11) is -1.26. The third-order valence-corrected chi connectivity index (χ3v) is 5.68. The average Bonchev–Trinajstić information content (AvgIpc) is 2.34. The lowest BCUT2D eigenvalue weighted by Gasteiger charge is -2.34. The molecule has 0 aromatic carbocycles. The molecule has 4 unspecified atom stereocenters. The van der Waals surface area contributed by atoms with Crippen molar-refractivity contribution in [3.63, 3.8) is 0 Å². The van der Waals surface area contributed by atoms with Crippen LogP contribution in [-0.2, 0) is 14.6 Å². The number of nitrogens with two attached hydrogens (primary N) is 1. The van der Waals surface area contributed by atoms with Crippen molar-refractivity contribution in [3.8, 4) is 0 Å². The number of sulfone groups is 1. The molecule has 0 aromatic rings. The standard InChI is InChI=1S/C12H26N2O3S/c1-9(17-2)7-12(14-13)10-5-4-6-11(8-10)18(3,15)16/h9-12,14H,4-8,13H2,1-3H3. The predicted octanol–water partition coefficient (Wildman–Crippen LogP) is 0.847. The van der Waals surface area contributed by atoms with Crippen LogP contribution in [0.25, 0.3) is 0 Å². The zero-order valence-electron chi connectivity index (χ0n) is 11.6. The average molecular weight is 278 g/mol. The minimum atomic E-state index is -2.93. The Bertz CT molecular complexity index is 345. The van der Waals surface area contributed by atoms with E-state index in [-0.39, 0.29) is 17.4 Å². The summed E-state index contributed by atoms with van der Waals surface area (Å²) in [6.45, 7) is 2.00. The molecule has 6 heteroatoms. The quantitative estimate of drug-likeness (QED) is 0.556. The van der Waals surface area contributed by atoms with E-state index in [2.05, 4.69) is 5.43 Å². The van der Waals surface area contributed by atoms with Gasteiger partial charge in [-0.1, -0.05) is 6.42 Å². The van der Waals surface area contributed by atoms with Gasteiger partial charge in [-0.05, 0) is 38.5 Å². The topological polar surface area (TPSA) is 81.4 Å². The Morgan fingerprint density at radius 1 is 1.44 bits per heavy atom. The lowest BCUT2D eigenvalue weighted by atomic mass is 9.82. The Balaban J connectivity index is 2.63. The monoisotopic (exact) mass is 278 g/mol. The molecule has 0 bridgehead atoms. The van der Waals surface area contributed by atoms with Gasteiger partial charge in [0.15, 0.2) is 0 Å². The highest BCUT2D eigenvalue weighted by Gasteiger charge is 2.33. The Hall–Kier alpha value is -0.170. The smallest absolute Gasteiger partial charge is 0.150 e. The van der Waals surface area contributed by atoms with Crippen LogP contribution in [0.1, 0.15) is 39.0 Å². The number of hydrogen-bond acceptors (Lipinski definition) is 5. The van der Waals surface area contributed by atoms with Crippen LogP contribution in [0.15, 0.2) is 0 Å². The SMILES string of the molecule is COC(C)CC(NN)C1CCCC(S(C)(=O)=O)C1. The first-order valence-corrected chi connectivity index (χ1v) is 8.51. The highest BCUT2D eigenvalue weighted by Crippen LogP contribution is 2.31. The number of ether oxygens (including phenoxy) is 1. The van der Waals surface area contributed by atoms with E-state index in [0.29, 0.717) is 12.3 Å². The van der Waals surface area contributed by atoms with Crippen LogP contribution in [0.5, 0.6) is 0 Å². The summed E-state index contributed by atoms with van der Waals surface area (Å²) in [6, 6.07) is 0.129. The molecule has 0 radical (unpaired) electrons. The zero-order valence-corrected chi connectivity index (χ0v) is 12.4. The number of nitrogens with one attached hydrogen (secondary N) is 1. The first kappa shape index (κ1) is 15.9. The lowest BCUT2D eigenvalue weighted by molar-refractivity contribution is 0.0875. The van der Waals surface area contributed by atoms with E-state index in [1.54, 1.807) is 7.11 Å². The summed E-state index contributed by atoms with van der Waals surface area (Å²) in [5.74, 6) is 5.93. The van der Waals surface area contributed by atoms with Gasteiger partial charge in [0.05, 0.1) is 11.4 Å². The van der Waals surface area contributed by atoms with Gasteiger partial charge in [0.2, 0.25) is 0 Å². The van der Waals surface area contributed by atoms with E-state index in [1.165, 1.54) is 6.26 Å². The number of hydrogen-bond donors (Lipinski definition) is 2. The van der Waals surface area contributed by atoms with Gasteiger partial charge in [-0.15, -0.1) is 0 Å². The minimum Gasteiger partial charge on any atom is -0.382 e. The van der Waals surface area contributed by atoms with Crippen molar-refractivity contribution >= 4 is 9.84 Å². The van der Waals surface area contributed by atoms with E-state index in [1.807, 2.05) is 6.92 Å². The Labute approximate surface area is 110 Å². The van der Waals surface area contributed by atoms with Crippen LogP contribution in [0.4, 0.5) is 0 Å². The molecule has 0 aromatic heterocycles. The molecular formula is C12H26N2O3S. The zero-order chi connectivity index (χ0) is 13.8. The molecule has 1 fully saturated rings. The third-order valence-electron chi connectivity index (χ3n) is 4.04. The van der Waals surface area contributed by atoms with Crippen molar-refractivity contribution in [3.05, 3.63) is 0 Å². The second kappa shape index (κ2) is 6.84. The fourth-order valence-electron chi connectivity index (χ4n) is 2.79. The second-order valence-corrected chi connectivity index (χ2v) is 7.76. The first-order chi connectivity index (χ1) is 8.38. The summed E-state index contributed by atoms with van der Waals surface area (Å²) >= 11 is 0. The summed E-state index contributed by atoms with van der Waals surface area (Å²) in [5, 5.41) is -0.204. The molecule has 1 saturated carbocycles. The van der Waals surface area contributed by atoms with Crippen LogP contribution in [0, 0.1) is 5.92 Å². The number of methoxy groups -OCH3 is 1. The first-order valence-electron chi connectivity index (χ1n) is 6.56. The molecule has 3 N–H and O–H groups in total. The molecular weight excluding hydrogens is 252 g/mol. The predicted molar refractivity (Wildman–Crippen MR) is 72.8 cm³/mol. The van der Waals surface area contributed by atoms with Crippen LogP contribution >= 0.6 is 0 Å². The van der Waals surface area contributed by atoms with Crippen molar-refractivity contribution in [1.82, 2.24) is 5.43 Å². The van der Waals surface area contributed by atoms with Crippen LogP contribution in [0.3, 0.4) is 0 Å². The van der Waals surface area contributed by atoms with E-state index in [4.69, 9.17) is 10.6 Å². The van der Waals surface area contributed by atoms with Crippen LogP contribution in [-0.4, -0.2) is 39.2 Å². The Morgan fingerprint density at radius 3 is 2.61 bits per heavy atom. The van der Waals surface area contributed by atoms with Gasteiger partial charge in [0.25, 0.3) is 0 Å². The van der Waals surface area contributed by atoms with Gasteiger partial charge in [-0.2, -0.15) is 0 Å². The molecule has 1 aliphatic rings. The second-order valence-electron chi connectivity index (χ2n) is 5.43. The summed E-state index contributed by atoms with van der Waals surface area (Å²) in [5.41, 5.74) is 2.83. The molecule has 0 amide bonds. The molecule has 108 valence electrons. The molecule has 5 nitrogen and oxygen atoms in total. The van der Waals surface area contributed by atoms with E-state index >= 15 is 0 Å². The van der Waals surface area contributed by atoms with E-state index in [9.17, 15) is 8.42 Å².